The van der Waals surface area contributed by atoms with E-state index in [9.17, 15) is 4.39 Å². The lowest BCUT2D eigenvalue weighted by Gasteiger charge is -2.11. The lowest BCUT2D eigenvalue weighted by molar-refractivity contribution is 0.302. The minimum atomic E-state index is -0.317. The largest absolute Gasteiger partial charge is 0.490 e. The summed E-state index contributed by atoms with van der Waals surface area (Å²) in [4.78, 5) is 0. The number of hydrogen-bond acceptors (Lipinski definition) is 3. The molecule has 0 saturated heterocycles. The molecule has 4 nitrogen and oxygen atoms in total. The highest BCUT2D eigenvalue weighted by Gasteiger charge is 2.06. The molecule has 0 spiro atoms. The van der Waals surface area contributed by atoms with Crippen molar-refractivity contribution in [1.29, 1.82) is 0 Å². The van der Waals surface area contributed by atoms with Crippen LogP contribution in [0.15, 0.2) is 30.5 Å². The van der Waals surface area contributed by atoms with Crippen LogP contribution in [0.1, 0.15) is 25.1 Å². The van der Waals surface area contributed by atoms with Crippen LogP contribution in [-0.4, -0.2) is 22.4 Å². The summed E-state index contributed by atoms with van der Waals surface area (Å²) in [7, 11) is 1.88. The Balaban J connectivity index is 1.87. The van der Waals surface area contributed by atoms with Crippen molar-refractivity contribution >= 4 is 0 Å². The van der Waals surface area contributed by atoms with Gasteiger partial charge in [0.2, 0.25) is 0 Å². The second kappa shape index (κ2) is 7.22. The predicted molar refractivity (Wildman–Crippen MR) is 80.8 cm³/mol. The van der Waals surface area contributed by atoms with E-state index in [2.05, 4.69) is 24.3 Å². The van der Waals surface area contributed by atoms with Gasteiger partial charge in [0.15, 0.2) is 11.6 Å². The third-order valence-electron chi connectivity index (χ3n) is 3.25. The highest BCUT2D eigenvalue weighted by molar-refractivity contribution is 5.29. The molecule has 0 bridgehead atoms. The van der Waals surface area contributed by atoms with Crippen LogP contribution in [0.3, 0.4) is 0 Å². The molecule has 0 saturated carbocycles. The van der Waals surface area contributed by atoms with Crippen molar-refractivity contribution in [1.82, 2.24) is 15.1 Å². The lowest BCUT2D eigenvalue weighted by Crippen LogP contribution is -2.21. The van der Waals surface area contributed by atoms with Crippen molar-refractivity contribution in [3.05, 3.63) is 47.5 Å². The Morgan fingerprint density at radius 3 is 2.76 bits per heavy atom. The van der Waals surface area contributed by atoms with Crippen LogP contribution in [0.4, 0.5) is 4.39 Å². The van der Waals surface area contributed by atoms with Gasteiger partial charge >= 0.3 is 0 Å². The first kappa shape index (κ1) is 15.5. The van der Waals surface area contributed by atoms with E-state index in [1.54, 1.807) is 16.9 Å². The standard InChI is InChI=1S/C16H22FN3O/c1-12(2)18-11-13-4-5-16(15(17)10-13)21-9-7-14-6-8-19-20(14)3/h4-6,8,10,12,18H,7,9,11H2,1-3H3. The molecule has 0 aliphatic heterocycles. The van der Waals surface area contributed by atoms with Crippen LogP contribution in [-0.2, 0) is 20.0 Å². The van der Waals surface area contributed by atoms with Gasteiger partial charge < -0.3 is 10.1 Å². The molecule has 0 unspecified atom stereocenters. The van der Waals surface area contributed by atoms with E-state index in [1.807, 2.05) is 19.2 Å². The molecule has 0 aliphatic rings. The molecule has 0 fully saturated rings. The fraction of sp³-hybridized carbons (Fsp3) is 0.438. The fourth-order valence-corrected chi connectivity index (χ4v) is 2.01. The quantitative estimate of drug-likeness (QED) is 0.852. The van der Waals surface area contributed by atoms with Gasteiger partial charge in [0.1, 0.15) is 0 Å². The molecule has 1 aromatic heterocycles. The van der Waals surface area contributed by atoms with Gasteiger partial charge in [0, 0.05) is 37.9 Å². The molecule has 1 heterocycles. The highest BCUT2D eigenvalue weighted by Crippen LogP contribution is 2.18. The molecule has 2 rings (SSSR count). The maximum Gasteiger partial charge on any atom is 0.165 e. The maximum absolute atomic E-state index is 13.9. The van der Waals surface area contributed by atoms with Crippen molar-refractivity contribution in [3.8, 4) is 5.75 Å². The number of rotatable bonds is 7. The molecule has 0 aliphatic carbocycles. The molecule has 1 N–H and O–H groups in total. The summed E-state index contributed by atoms with van der Waals surface area (Å²) in [6, 6.07) is 7.41. The number of aryl methyl sites for hydroxylation is 1. The van der Waals surface area contributed by atoms with Crippen LogP contribution in [0, 0.1) is 5.82 Å². The minimum Gasteiger partial charge on any atom is -0.490 e. The molecule has 114 valence electrons. The molecule has 21 heavy (non-hydrogen) atoms. The van der Waals surface area contributed by atoms with E-state index in [1.165, 1.54) is 6.07 Å². The summed E-state index contributed by atoms with van der Waals surface area (Å²) in [6.07, 6.45) is 2.44. The summed E-state index contributed by atoms with van der Waals surface area (Å²) in [5.41, 5.74) is 1.98. The van der Waals surface area contributed by atoms with E-state index in [-0.39, 0.29) is 5.82 Å². The van der Waals surface area contributed by atoms with Crippen molar-refractivity contribution in [2.45, 2.75) is 32.9 Å². The normalized spacial score (nSPS) is 11.1. The minimum absolute atomic E-state index is 0.297. The van der Waals surface area contributed by atoms with E-state index < -0.39 is 0 Å². The maximum atomic E-state index is 13.9. The average Bonchev–Trinajstić information content (AvgIpc) is 2.84. The molecule has 0 atom stereocenters. The van der Waals surface area contributed by atoms with Crippen LogP contribution in [0.2, 0.25) is 0 Å². The van der Waals surface area contributed by atoms with Gasteiger partial charge in [-0.2, -0.15) is 5.10 Å². The Morgan fingerprint density at radius 2 is 2.14 bits per heavy atom. The number of nitrogens with zero attached hydrogens (tertiary/aromatic N) is 2. The van der Waals surface area contributed by atoms with Crippen molar-refractivity contribution < 1.29 is 9.13 Å². The smallest absolute Gasteiger partial charge is 0.165 e. The van der Waals surface area contributed by atoms with Gasteiger partial charge in [-0.25, -0.2) is 4.39 Å². The SMILES string of the molecule is CC(C)NCc1ccc(OCCc2ccnn2C)c(F)c1. The number of hydrogen-bond donors (Lipinski definition) is 1. The first-order valence-corrected chi connectivity index (χ1v) is 7.17. The van der Waals surface area contributed by atoms with Gasteiger partial charge in [-0.05, 0) is 23.8 Å². The molecule has 1 aromatic carbocycles. The van der Waals surface area contributed by atoms with Crippen LogP contribution >= 0.6 is 0 Å². The zero-order valence-corrected chi connectivity index (χ0v) is 12.8. The number of aromatic nitrogens is 2. The first-order chi connectivity index (χ1) is 10.1. The van der Waals surface area contributed by atoms with E-state index >= 15 is 0 Å². The highest BCUT2D eigenvalue weighted by atomic mass is 19.1. The predicted octanol–water partition coefficient (Wildman–Crippen LogP) is 2.68. The van der Waals surface area contributed by atoms with Crippen molar-refractivity contribution in [2.75, 3.05) is 6.61 Å². The Labute approximate surface area is 124 Å². The van der Waals surface area contributed by atoms with E-state index in [0.29, 0.717) is 31.4 Å². The topological polar surface area (TPSA) is 39.1 Å². The van der Waals surface area contributed by atoms with Crippen molar-refractivity contribution in [2.24, 2.45) is 7.05 Å². The molecule has 5 heteroatoms. The van der Waals surface area contributed by atoms with E-state index in [0.717, 1.165) is 11.3 Å². The Hall–Kier alpha value is -1.88. The zero-order valence-electron chi connectivity index (χ0n) is 12.8. The van der Waals surface area contributed by atoms with E-state index in [4.69, 9.17) is 4.74 Å². The number of nitrogens with one attached hydrogen (secondary N) is 1. The zero-order chi connectivity index (χ0) is 15.2. The summed E-state index contributed by atoms with van der Waals surface area (Å²) < 4.78 is 21.3. The molecule has 2 aromatic rings. The molecule has 0 radical (unpaired) electrons. The Bertz CT molecular complexity index is 581. The molecular weight excluding hydrogens is 269 g/mol. The number of ether oxygens (including phenoxy) is 1. The Kier molecular flexibility index (Phi) is 5.33. The molecule has 0 amide bonds. The summed E-state index contributed by atoms with van der Waals surface area (Å²) in [6.45, 7) is 5.21. The second-order valence-electron chi connectivity index (χ2n) is 5.34. The monoisotopic (exact) mass is 291 g/mol. The van der Waals surface area contributed by atoms with Crippen LogP contribution in [0.5, 0.6) is 5.75 Å². The third kappa shape index (κ3) is 4.56. The average molecular weight is 291 g/mol. The van der Waals surface area contributed by atoms with Gasteiger partial charge in [0.05, 0.1) is 6.61 Å². The number of benzene rings is 1. The fourth-order valence-electron chi connectivity index (χ4n) is 2.01. The van der Waals surface area contributed by atoms with Crippen LogP contribution in [0.25, 0.3) is 0 Å². The number of halogens is 1. The van der Waals surface area contributed by atoms with Gasteiger partial charge in [-0.15, -0.1) is 0 Å². The summed E-state index contributed by atoms with van der Waals surface area (Å²) in [5.74, 6) is -0.0199. The van der Waals surface area contributed by atoms with Gasteiger partial charge in [0.25, 0.3) is 0 Å². The van der Waals surface area contributed by atoms with Gasteiger partial charge in [-0.3, -0.25) is 4.68 Å². The van der Waals surface area contributed by atoms with Crippen molar-refractivity contribution in [3.63, 3.8) is 0 Å². The third-order valence-corrected chi connectivity index (χ3v) is 3.25. The Morgan fingerprint density at radius 1 is 1.33 bits per heavy atom. The second-order valence-corrected chi connectivity index (χ2v) is 5.34. The summed E-state index contributed by atoms with van der Waals surface area (Å²) in [5, 5.41) is 7.35. The van der Waals surface area contributed by atoms with Gasteiger partial charge in [-0.1, -0.05) is 19.9 Å². The molecular formula is C16H22FN3O. The van der Waals surface area contributed by atoms with Crippen LogP contribution < -0.4 is 10.1 Å². The first-order valence-electron chi connectivity index (χ1n) is 7.17. The lowest BCUT2D eigenvalue weighted by atomic mass is 10.2. The summed E-state index contributed by atoms with van der Waals surface area (Å²) >= 11 is 0.